The first-order chi connectivity index (χ1) is 15.2. The molecule has 10 nitrogen and oxygen atoms in total. The Morgan fingerprint density at radius 1 is 1.16 bits per heavy atom. The van der Waals surface area contributed by atoms with E-state index in [9.17, 15) is 19.2 Å². The average Bonchev–Trinajstić information content (AvgIpc) is 3.06. The highest BCUT2D eigenvalue weighted by molar-refractivity contribution is 6.47. The number of carbonyl (C=O) groups is 2. The number of aromatic nitrogens is 4. The number of benzene rings is 1. The highest BCUT2D eigenvalue weighted by atomic mass is 16.2. The summed E-state index contributed by atoms with van der Waals surface area (Å²) in [5, 5.41) is 4.40. The molecule has 3 N–H and O–H groups in total. The standard InChI is InChI=1S/C22H26N6O4/c1-5-6-12-27-19(23)17(20(30)24-22(27)32)26(4)21(31)18(29)16-13(2)25-28(14(16)3)15-10-8-7-9-11-15/h7-11H,5-6,12,23H2,1-4H3,(H,24,30,32). The Balaban J connectivity index is 2.01. The van der Waals surface area contributed by atoms with Crippen LogP contribution in [0.4, 0.5) is 11.5 Å². The number of para-hydroxylation sites is 1. The molecule has 1 amide bonds. The lowest BCUT2D eigenvalue weighted by Gasteiger charge is -2.19. The number of Topliss-reactive ketones (excluding diaryl/α,β-unsaturated/α-hetero) is 1. The number of hydrogen-bond acceptors (Lipinski definition) is 6. The summed E-state index contributed by atoms with van der Waals surface area (Å²) in [6, 6.07) is 9.22. The Kier molecular flexibility index (Phi) is 6.42. The number of nitrogens with zero attached hydrogens (tertiary/aromatic N) is 4. The zero-order valence-electron chi connectivity index (χ0n) is 18.5. The minimum absolute atomic E-state index is 0.153. The van der Waals surface area contributed by atoms with Gasteiger partial charge < -0.3 is 10.6 Å². The average molecular weight is 438 g/mol. The van der Waals surface area contributed by atoms with Crippen molar-refractivity contribution >= 4 is 23.2 Å². The van der Waals surface area contributed by atoms with Crippen molar-refractivity contribution in [3.05, 3.63) is 68.1 Å². The first kappa shape index (κ1) is 22.7. The summed E-state index contributed by atoms with van der Waals surface area (Å²) in [7, 11) is 1.28. The van der Waals surface area contributed by atoms with Crippen molar-refractivity contribution in [1.29, 1.82) is 0 Å². The number of carbonyl (C=O) groups excluding carboxylic acids is 2. The van der Waals surface area contributed by atoms with Gasteiger partial charge in [-0.2, -0.15) is 5.10 Å². The van der Waals surface area contributed by atoms with Crippen molar-refractivity contribution in [3.63, 3.8) is 0 Å². The molecule has 10 heteroatoms. The van der Waals surface area contributed by atoms with E-state index >= 15 is 0 Å². The number of H-pyrrole nitrogens is 1. The number of nitrogens with two attached hydrogens (primary N) is 1. The molecule has 2 heterocycles. The number of aromatic amines is 1. The smallest absolute Gasteiger partial charge is 0.330 e. The van der Waals surface area contributed by atoms with Crippen molar-refractivity contribution in [3.8, 4) is 5.69 Å². The lowest BCUT2D eigenvalue weighted by Crippen LogP contribution is -2.41. The van der Waals surface area contributed by atoms with E-state index in [2.05, 4.69) is 10.1 Å². The van der Waals surface area contributed by atoms with Crippen molar-refractivity contribution in [1.82, 2.24) is 19.3 Å². The molecule has 0 aliphatic carbocycles. The SMILES string of the molecule is CCCCn1c(N)c(N(C)C(=O)C(=O)c2c(C)nn(-c3ccccc3)c2C)c(=O)[nH]c1=O. The molecule has 32 heavy (non-hydrogen) atoms. The van der Waals surface area contributed by atoms with Gasteiger partial charge in [0, 0.05) is 13.6 Å². The van der Waals surface area contributed by atoms with Crippen molar-refractivity contribution in [2.45, 2.75) is 40.2 Å². The third-order valence-electron chi connectivity index (χ3n) is 5.30. The molecular formula is C22H26N6O4. The molecule has 0 saturated heterocycles. The second-order valence-corrected chi connectivity index (χ2v) is 7.48. The molecule has 0 aliphatic rings. The normalized spacial score (nSPS) is 10.9. The molecule has 1 aromatic carbocycles. The number of nitrogen functional groups attached to an aromatic ring is 1. The zero-order valence-corrected chi connectivity index (χ0v) is 18.5. The molecule has 0 saturated carbocycles. The highest BCUT2D eigenvalue weighted by Gasteiger charge is 2.30. The molecule has 0 atom stereocenters. The summed E-state index contributed by atoms with van der Waals surface area (Å²) >= 11 is 0. The Labute approximate surface area is 184 Å². The van der Waals surface area contributed by atoms with E-state index in [1.165, 1.54) is 11.6 Å². The van der Waals surface area contributed by atoms with E-state index in [1.54, 1.807) is 18.5 Å². The number of nitrogens with one attached hydrogen (secondary N) is 1. The van der Waals surface area contributed by atoms with Crippen LogP contribution in [0.5, 0.6) is 0 Å². The van der Waals surface area contributed by atoms with Gasteiger partial charge in [0.2, 0.25) is 0 Å². The van der Waals surface area contributed by atoms with E-state index in [1.807, 2.05) is 37.3 Å². The van der Waals surface area contributed by atoms with Gasteiger partial charge in [0.1, 0.15) is 5.82 Å². The number of likely N-dealkylation sites (N-methyl/N-ethyl adjacent to an activating group) is 1. The summed E-state index contributed by atoms with van der Waals surface area (Å²) in [5.74, 6) is -1.94. The summed E-state index contributed by atoms with van der Waals surface area (Å²) in [5.41, 5.74) is 6.10. The van der Waals surface area contributed by atoms with Gasteiger partial charge in [-0.1, -0.05) is 31.5 Å². The van der Waals surface area contributed by atoms with Gasteiger partial charge >= 0.3 is 5.69 Å². The first-order valence-corrected chi connectivity index (χ1v) is 10.3. The predicted molar refractivity (Wildman–Crippen MR) is 121 cm³/mol. The maximum absolute atomic E-state index is 13.1. The molecule has 3 rings (SSSR count). The minimum Gasteiger partial charge on any atom is -0.383 e. The van der Waals surface area contributed by atoms with Crippen LogP contribution in [0.3, 0.4) is 0 Å². The maximum atomic E-state index is 13.1. The summed E-state index contributed by atoms with van der Waals surface area (Å²) in [6.07, 6.45) is 1.46. The Morgan fingerprint density at radius 3 is 2.44 bits per heavy atom. The molecule has 2 aromatic heterocycles. The second kappa shape index (κ2) is 9.04. The van der Waals surface area contributed by atoms with Gasteiger partial charge in [-0.15, -0.1) is 0 Å². The van der Waals surface area contributed by atoms with Crippen LogP contribution in [-0.4, -0.2) is 38.1 Å². The topological polar surface area (TPSA) is 136 Å². The quantitative estimate of drug-likeness (QED) is 0.424. The van der Waals surface area contributed by atoms with Gasteiger partial charge in [-0.3, -0.25) is 23.9 Å². The van der Waals surface area contributed by atoms with Gasteiger partial charge in [0.15, 0.2) is 5.69 Å². The zero-order chi connectivity index (χ0) is 23.6. The largest absolute Gasteiger partial charge is 0.383 e. The Morgan fingerprint density at radius 2 is 1.81 bits per heavy atom. The van der Waals surface area contributed by atoms with Gasteiger partial charge in [-0.05, 0) is 32.4 Å². The van der Waals surface area contributed by atoms with Gasteiger partial charge in [-0.25, -0.2) is 9.48 Å². The second-order valence-electron chi connectivity index (χ2n) is 7.48. The number of anilines is 2. The molecule has 0 aliphatic heterocycles. The van der Waals surface area contributed by atoms with Crippen LogP contribution in [0.1, 0.15) is 41.5 Å². The van der Waals surface area contributed by atoms with Crippen molar-refractivity contribution in [2.75, 3.05) is 17.7 Å². The highest BCUT2D eigenvalue weighted by Crippen LogP contribution is 2.21. The van der Waals surface area contributed by atoms with Crippen molar-refractivity contribution < 1.29 is 9.59 Å². The number of amides is 1. The molecule has 0 unspecified atom stereocenters. The monoisotopic (exact) mass is 438 g/mol. The number of unbranched alkanes of at least 4 members (excludes halogenated alkanes) is 1. The third-order valence-corrected chi connectivity index (χ3v) is 5.30. The van der Waals surface area contributed by atoms with Crippen LogP contribution in [0.15, 0.2) is 39.9 Å². The van der Waals surface area contributed by atoms with Crippen LogP contribution in [-0.2, 0) is 11.3 Å². The fourth-order valence-corrected chi connectivity index (χ4v) is 3.59. The molecule has 3 aromatic rings. The van der Waals surface area contributed by atoms with Crippen molar-refractivity contribution in [2.24, 2.45) is 0 Å². The maximum Gasteiger partial charge on any atom is 0.330 e. The first-order valence-electron chi connectivity index (χ1n) is 10.3. The molecule has 168 valence electrons. The summed E-state index contributed by atoms with van der Waals surface area (Å²) < 4.78 is 2.78. The summed E-state index contributed by atoms with van der Waals surface area (Å²) in [4.78, 5) is 53.8. The van der Waals surface area contributed by atoms with E-state index < -0.39 is 22.9 Å². The molecular weight excluding hydrogens is 412 g/mol. The number of hydrogen-bond donors (Lipinski definition) is 2. The van der Waals surface area contributed by atoms with Gasteiger partial charge in [0.25, 0.3) is 17.2 Å². The molecule has 0 fully saturated rings. The Bertz CT molecular complexity index is 1290. The van der Waals surface area contributed by atoms with Gasteiger partial charge in [0.05, 0.1) is 22.6 Å². The molecule has 0 radical (unpaired) electrons. The van der Waals surface area contributed by atoms with E-state index in [0.717, 1.165) is 17.0 Å². The fraction of sp³-hybridized carbons (Fsp3) is 0.318. The number of aryl methyl sites for hydroxylation is 1. The van der Waals surface area contributed by atoms with Crippen LogP contribution in [0.2, 0.25) is 0 Å². The van der Waals surface area contributed by atoms with Crippen LogP contribution in [0.25, 0.3) is 5.69 Å². The lowest BCUT2D eigenvalue weighted by atomic mass is 10.1. The van der Waals surface area contributed by atoms with E-state index in [-0.39, 0.29) is 23.6 Å². The Hall–Kier alpha value is -3.95. The molecule has 0 spiro atoms. The van der Waals surface area contributed by atoms with Crippen LogP contribution in [0, 0.1) is 13.8 Å². The summed E-state index contributed by atoms with van der Waals surface area (Å²) in [6.45, 7) is 5.56. The lowest BCUT2D eigenvalue weighted by molar-refractivity contribution is -0.114. The fourth-order valence-electron chi connectivity index (χ4n) is 3.59. The molecule has 0 bridgehead atoms. The third kappa shape index (κ3) is 3.98. The number of ketones is 1. The van der Waals surface area contributed by atoms with Crippen LogP contribution < -0.4 is 21.9 Å². The predicted octanol–water partition coefficient (Wildman–Crippen LogP) is 1.57. The number of rotatable bonds is 7. The van der Waals surface area contributed by atoms with E-state index in [4.69, 9.17) is 5.73 Å². The van der Waals surface area contributed by atoms with E-state index in [0.29, 0.717) is 17.8 Å². The van der Waals surface area contributed by atoms with Crippen LogP contribution >= 0.6 is 0 Å². The minimum atomic E-state index is -0.957.